The number of hydrogen-bond acceptors (Lipinski definition) is 5. The third-order valence-electron chi connectivity index (χ3n) is 6.52. The SMILES string of the molecule is CCCNC(=O)N1CCCN(CC2=C(C(=O)OCC)[C@H](c3ccccc3C)NC(=O)N2CC)CC1. The summed E-state index contributed by atoms with van der Waals surface area (Å²) in [7, 11) is 0. The van der Waals surface area contributed by atoms with Crippen molar-refractivity contribution in [2.24, 2.45) is 0 Å². The van der Waals surface area contributed by atoms with E-state index in [4.69, 9.17) is 4.74 Å². The van der Waals surface area contributed by atoms with E-state index in [1.54, 1.807) is 11.8 Å². The van der Waals surface area contributed by atoms with Crippen LogP contribution < -0.4 is 10.6 Å². The van der Waals surface area contributed by atoms with Crippen molar-refractivity contribution < 1.29 is 19.1 Å². The van der Waals surface area contributed by atoms with Gasteiger partial charge in [0.15, 0.2) is 0 Å². The van der Waals surface area contributed by atoms with E-state index in [-0.39, 0.29) is 18.7 Å². The van der Waals surface area contributed by atoms with Crippen LogP contribution in [-0.2, 0) is 9.53 Å². The fourth-order valence-electron chi connectivity index (χ4n) is 4.69. The number of carbonyl (C=O) groups is 3. The van der Waals surface area contributed by atoms with Gasteiger partial charge in [0.05, 0.1) is 18.2 Å². The molecule has 9 heteroatoms. The molecule has 0 aromatic heterocycles. The number of esters is 1. The number of rotatable bonds is 8. The second-order valence-corrected chi connectivity index (χ2v) is 8.91. The van der Waals surface area contributed by atoms with Gasteiger partial charge in [-0.3, -0.25) is 9.80 Å². The normalized spacial score (nSPS) is 19.3. The molecule has 0 bridgehead atoms. The molecular weight excluding hydrogens is 446 g/mol. The minimum atomic E-state index is -0.580. The lowest BCUT2D eigenvalue weighted by atomic mass is 9.91. The Labute approximate surface area is 208 Å². The Balaban J connectivity index is 1.93. The van der Waals surface area contributed by atoms with Crippen LogP contribution in [0.3, 0.4) is 0 Å². The van der Waals surface area contributed by atoms with E-state index in [9.17, 15) is 14.4 Å². The van der Waals surface area contributed by atoms with E-state index >= 15 is 0 Å². The van der Waals surface area contributed by atoms with Crippen LogP contribution in [0.2, 0.25) is 0 Å². The molecule has 35 heavy (non-hydrogen) atoms. The summed E-state index contributed by atoms with van der Waals surface area (Å²) in [5.74, 6) is -0.412. The van der Waals surface area contributed by atoms with Crippen molar-refractivity contribution in [3.63, 3.8) is 0 Å². The summed E-state index contributed by atoms with van der Waals surface area (Å²) in [6.45, 7) is 12.2. The smallest absolute Gasteiger partial charge is 0.338 e. The van der Waals surface area contributed by atoms with Crippen molar-refractivity contribution in [3.05, 3.63) is 46.7 Å². The number of nitrogens with one attached hydrogen (secondary N) is 2. The van der Waals surface area contributed by atoms with E-state index in [0.717, 1.165) is 30.5 Å². The average molecular weight is 486 g/mol. The highest BCUT2D eigenvalue weighted by atomic mass is 16.5. The zero-order chi connectivity index (χ0) is 25.4. The van der Waals surface area contributed by atoms with Gasteiger partial charge in [-0.1, -0.05) is 31.2 Å². The summed E-state index contributed by atoms with van der Waals surface area (Å²) in [5, 5.41) is 5.98. The Kier molecular flexibility index (Phi) is 9.54. The maximum Gasteiger partial charge on any atom is 0.338 e. The number of ether oxygens (including phenoxy) is 1. The predicted molar refractivity (Wildman–Crippen MR) is 135 cm³/mol. The molecule has 1 aromatic rings. The minimum Gasteiger partial charge on any atom is -0.463 e. The van der Waals surface area contributed by atoms with Crippen LogP contribution in [-0.4, -0.2) is 85.2 Å². The third kappa shape index (κ3) is 6.33. The van der Waals surface area contributed by atoms with Gasteiger partial charge in [-0.15, -0.1) is 0 Å². The highest BCUT2D eigenvalue weighted by Crippen LogP contribution is 2.33. The molecular formula is C26H39N5O4. The zero-order valence-electron chi connectivity index (χ0n) is 21.4. The summed E-state index contributed by atoms with van der Waals surface area (Å²) >= 11 is 0. The fraction of sp³-hybridized carbons (Fsp3) is 0.577. The van der Waals surface area contributed by atoms with E-state index in [0.29, 0.717) is 50.5 Å². The van der Waals surface area contributed by atoms with E-state index in [1.807, 2.05) is 49.9 Å². The van der Waals surface area contributed by atoms with Gasteiger partial charge < -0.3 is 20.3 Å². The molecule has 9 nitrogen and oxygen atoms in total. The second kappa shape index (κ2) is 12.6. The number of carbonyl (C=O) groups excluding carboxylic acids is 3. The molecule has 192 valence electrons. The quantitative estimate of drug-likeness (QED) is 0.552. The van der Waals surface area contributed by atoms with Crippen LogP contribution in [0, 0.1) is 6.92 Å². The molecule has 1 saturated heterocycles. The van der Waals surface area contributed by atoms with Crippen molar-refractivity contribution >= 4 is 18.0 Å². The van der Waals surface area contributed by atoms with Crippen LogP contribution in [0.4, 0.5) is 9.59 Å². The molecule has 0 unspecified atom stereocenters. The van der Waals surface area contributed by atoms with Crippen LogP contribution in [0.25, 0.3) is 0 Å². The molecule has 2 aliphatic heterocycles. The van der Waals surface area contributed by atoms with Crippen molar-refractivity contribution in [1.29, 1.82) is 0 Å². The molecule has 0 spiro atoms. The van der Waals surface area contributed by atoms with Crippen LogP contribution in [0.15, 0.2) is 35.5 Å². The van der Waals surface area contributed by atoms with Crippen LogP contribution in [0.1, 0.15) is 50.8 Å². The first-order chi connectivity index (χ1) is 16.9. The number of nitrogens with zero attached hydrogens (tertiary/aromatic N) is 3. The number of benzene rings is 1. The van der Waals surface area contributed by atoms with E-state index in [1.165, 1.54) is 0 Å². The molecule has 0 aliphatic carbocycles. The fourth-order valence-corrected chi connectivity index (χ4v) is 4.69. The average Bonchev–Trinajstić information content (AvgIpc) is 3.08. The summed E-state index contributed by atoms with van der Waals surface area (Å²) in [6, 6.07) is 6.93. The second-order valence-electron chi connectivity index (χ2n) is 8.91. The summed E-state index contributed by atoms with van der Waals surface area (Å²) in [4.78, 5) is 44.6. The first kappa shape index (κ1) is 26.5. The number of hydrogen-bond donors (Lipinski definition) is 2. The number of urea groups is 2. The molecule has 0 radical (unpaired) electrons. The maximum absolute atomic E-state index is 13.3. The Morgan fingerprint density at radius 2 is 1.89 bits per heavy atom. The van der Waals surface area contributed by atoms with Gasteiger partial charge in [-0.25, -0.2) is 14.4 Å². The Hall–Kier alpha value is -3.07. The predicted octanol–water partition coefficient (Wildman–Crippen LogP) is 3.03. The molecule has 1 aromatic carbocycles. The summed E-state index contributed by atoms with van der Waals surface area (Å²) in [6.07, 6.45) is 1.72. The molecule has 3 rings (SSSR count). The molecule has 1 fully saturated rings. The minimum absolute atomic E-state index is 0.0352. The Morgan fingerprint density at radius 3 is 2.57 bits per heavy atom. The van der Waals surface area contributed by atoms with Gasteiger partial charge >= 0.3 is 18.0 Å². The van der Waals surface area contributed by atoms with E-state index in [2.05, 4.69) is 15.5 Å². The van der Waals surface area contributed by atoms with Crippen molar-refractivity contribution in [1.82, 2.24) is 25.3 Å². The summed E-state index contributed by atoms with van der Waals surface area (Å²) < 4.78 is 5.48. The highest BCUT2D eigenvalue weighted by molar-refractivity contribution is 5.95. The Morgan fingerprint density at radius 1 is 1.11 bits per heavy atom. The first-order valence-corrected chi connectivity index (χ1v) is 12.7. The van der Waals surface area contributed by atoms with Gasteiger partial charge in [-0.2, -0.15) is 0 Å². The summed E-state index contributed by atoms with van der Waals surface area (Å²) in [5.41, 5.74) is 3.02. The first-order valence-electron chi connectivity index (χ1n) is 12.7. The molecule has 2 heterocycles. The topological polar surface area (TPSA) is 94.2 Å². The van der Waals surface area contributed by atoms with Gasteiger partial charge in [0.25, 0.3) is 0 Å². The molecule has 4 amide bonds. The number of aryl methyl sites for hydroxylation is 1. The van der Waals surface area contributed by atoms with E-state index < -0.39 is 12.0 Å². The zero-order valence-corrected chi connectivity index (χ0v) is 21.4. The largest absolute Gasteiger partial charge is 0.463 e. The van der Waals surface area contributed by atoms with Crippen molar-refractivity contribution in [2.75, 3.05) is 52.4 Å². The van der Waals surface area contributed by atoms with Crippen molar-refractivity contribution in [2.45, 2.75) is 46.6 Å². The standard InChI is InChI=1S/C26H39N5O4/c1-5-13-27-25(33)30-15-10-14-29(16-17-30)18-21-22(24(32)35-7-3)23(28-26(34)31(21)6-2)20-12-9-8-11-19(20)4/h8-9,11-12,23H,5-7,10,13-18H2,1-4H3,(H,27,33)(H,28,34)/t23-/m0/s1. The molecule has 0 saturated carbocycles. The number of amides is 4. The van der Waals surface area contributed by atoms with Gasteiger partial charge in [0.2, 0.25) is 0 Å². The van der Waals surface area contributed by atoms with Crippen molar-refractivity contribution in [3.8, 4) is 0 Å². The molecule has 1 atom stereocenters. The molecule has 2 N–H and O–H groups in total. The van der Waals surface area contributed by atoms with Crippen LogP contribution >= 0.6 is 0 Å². The highest BCUT2D eigenvalue weighted by Gasteiger charge is 2.38. The Bertz CT molecular complexity index is 947. The maximum atomic E-state index is 13.3. The number of likely N-dealkylation sites (N-methyl/N-ethyl adjacent to an activating group) is 1. The molecule has 2 aliphatic rings. The van der Waals surface area contributed by atoms with Crippen LogP contribution in [0.5, 0.6) is 0 Å². The third-order valence-corrected chi connectivity index (χ3v) is 6.52. The van der Waals surface area contributed by atoms with Gasteiger partial charge in [0, 0.05) is 51.5 Å². The lowest BCUT2D eigenvalue weighted by Gasteiger charge is -2.38. The van der Waals surface area contributed by atoms with Gasteiger partial charge in [0.1, 0.15) is 0 Å². The lowest BCUT2D eigenvalue weighted by molar-refractivity contribution is -0.139. The van der Waals surface area contributed by atoms with Gasteiger partial charge in [-0.05, 0) is 44.7 Å². The lowest BCUT2D eigenvalue weighted by Crippen LogP contribution is -2.51. The monoisotopic (exact) mass is 485 g/mol.